The van der Waals surface area contributed by atoms with Crippen LogP contribution in [0.5, 0.6) is 11.5 Å². The summed E-state index contributed by atoms with van der Waals surface area (Å²) < 4.78 is 64.7. The maximum Gasteiger partial charge on any atom is 0.262 e. The van der Waals surface area contributed by atoms with E-state index in [1.54, 1.807) is 43.3 Å². The summed E-state index contributed by atoms with van der Waals surface area (Å²) in [5, 5.41) is 2.60. The average Bonchev–Trinajstić information content (AvgIpc) is 2.82. The average molecular weight is 548 g/mol. The largest absolute Gasteiger partial charge is 0.495 e. The molecule has 0 aliphatic rings. The van der Waals surface area contributed by atoms with Crippen LogP contribution in [-0.4, -0.2) is 49.8 Å². The topological polar surface area (TPSA) is 131 Å². The molecule has 2 N–H and O–H groups in total. The van der Waals surface area contributed by atoms with Gasteiger partial charge in [-0.15, -0.1) is 0 Å². The van der Waals surface area contributed by atoms with Crippen molar-refractivity contribution in [3.05, 3.63) is 71.8 Å². The van der Waals surface area contributed by atoms with Crippen molar-refractivity contribution >= 4 is 43.0 Å². The minimum atomic E-state index is -3.94. The molecular weight excluding hydrogens is 518 g/mol. The molecule has 3 aromatic rings. The Balaban J connectivity index is 1.77. The smallest absolute Gasteiger partial charge is 0.262 e. The molecule has 0 aliphatic heterocycles. The molecule has 3 rings (SSSR count). The van der Waals surface area contributed by atoms with Gasteiger partial charge in [0.25, 0.3) is 10.0 Å². The molecule has 0 fully saturated rings. The van der Waals surface area contributed by atoms with E-state index in [2.05, 4.69) is 10.0 Å². The van der Waals surface area contributed by atoms with Crippen LogP contribution in [0.15, 0.2) is 65.6 Å². The molecule has 3 aromatic carbocycles. The lowest BCUT2D eigenvalue weighted by Crippen LogP contribution is -2.37. The van der Waals surface area contributed by atoms with Crippen LogP contribution in [0.1, 0.15) is 11.1 Å². The summed E-state index contributed by atoms with van der Waals surface area (Å²) in [6.45, 7) is 3.12. The summed E-state index contributed by atoms with van der Waals surface area (Å²) in [7, 11) is -4.91. The van der Waals surface area contributed by atoms with Gasteiger partial charge < -0.3 is 14.8 Å². The number of carbonyl (C=O) groups is 1. The zero-order valence-corrected chi connectivity index (χ0v) is 22.7. The van der Waals surface area contributed by atoms with Crippen molar-refractivity contribution in [2.45, 2.75) is 18.7 Å². The molecule has 198 valence electrons. The van der Waals surface area contributed by atoms with Crippen LogP contribution in [0, 0.1) is 13.8 Å². The number of rotatable bonds is 10. The third kappa shape index (κ3) is 6.92. The zero-order chi connectivity index (χ0) is 27.4. The van der Waals surface area contributed by atoms with Gasteiger partial charge >= 0.3 is 0 Å². The number of hydrogen-bond donors (Lipinski definition) is 2. The SMILES string of the molecule is COc1ccc(C)cc1NS(=O)(=O)c1ccc(NC(=O)CN(c2cc(C)ccc2OC)S(C)(=O)=O)cc1. The molecule has 0 atom stereocenters. The number of sulfonamides is 2. The predicted molar refractivity (Wildman–Crippen MR) is 144 cm³/mol. The third-order valence-corrected chi connectivity index (χ3v) is 7.85. The molecular formula is C25H29N3O7S2. The highest BCUT2D eigenvalue weighted by atomic mass is 32.2. The number of benzene rings is 3. The van der Waals surface area contributed by atoms with Gasteiger partial charge in [0.1, 0.15) is 18.0 Å². The Bertz CT molecular complexity index is 1500. The first-order valence-electron chi connectivity index (χ1n) is 11.0. The van der Waals surface area contributed by atoms with E-state index in [0.717, 1.165) is 21.7 Å². The number of nitrogens with zero attached hydrogens (tertiary/aromatic N) is 1. The van der Waals surface area contributed by atoms with Crippen LogP contribution in [0.2, 0.25) is 0 Å². The van der Waals surface area contributed by atoms with Gasteiger partial charge in [-0.1, -0.05) is 12.1 Å². The molecule has 1 amide bonds. The molecule has 0 spiro atoms. The molecule has 0 heterocycles. The van der Waals surface area contributed by atoms with E-state index < -0.39 is 32.5 Å². The fourth-order valence-corrected chi connectivity index (χ4v) is 5.44. The van der Waals surface area contributed by atoms with Crippen LogP contribution in [0.4, 0.5) is 17.1 Å². The Labute approximate surface area is 217 Å². The Hall–Kier alpha value is -3.77. The Kier molecular flexibility index (Phi) is 8.34. The number of aryl methyl sites for hydroxylation is 2. The molecule has 0 aliphatic carbocycles. The summed E-state index contributed by atoms with van der Waals surface area (Å²) in [4.78, 5) is 12.7. The monoisotopic (exact) mass is 547 g/mol. The number of nitrogens with one attached hydrogen (secondary N) is 2. The lowest BCUT2D eigenvalue weighted by Gasteiger charge is -2.24. The van der Waals surface area contributed by atoms with Crippen LogP contribution >= 0.6 is 0 Å². The number of amides is 1. The second-order valence-electron chi connectivity index (χ2n) is 8.33. The van der Waals surface area contributed by atoms with Gasteiger partial charge in [-0.25, -0.2) is 16.8 Å². The second kappa shape index (κ2) is 11.1. The number of methoxy groups -OCH3 is 2. The normalized spacial score (nSPS) is 11.5. The van der Waals surface area contributed by atoms with Crippen LogP contribution in [0.3, 0.4) is 0 Å². The maximum absolute atomic E-state index is 12.9. The third-order valence-electron chi connectivity index (χ3n) is 5.34. The van der Waals surface area contributed by atoms with Gasteiger partial charge in [-0.3, -0.25) is 13.8 Å². The van der Waals surface area contributed by atoms with Crippen LogP contribution in [0.25, 0.3) is 0 Å². The van der Waals surface area contributed by atoms with Crippen molar-refractivity contribution in [2.75, 3.05) is 41.4 Å². The van der Waals surface area contributed by atoms with E-state index in [4.69, 9.17) is 9.47 Å². The van der Waals surface area contributed by atoms with E-state index in [0.29, 0.717) is 22.9 Å². The number of anilines is 3. The number of hydrogen-bond acceptors (Lipinski definition) is 7. The minimum Gasteiger partial charge on any atom is -0.495 e. The van der Waals surface area contributed by atoms with Crippen molar-refractivity contribution in [3.8, 4) is 11.5 Å². The fourth-order valence-electron chi connectivity index (χ4n) is 3.53. The molecule has 0 saturated heterocycles. The highest BCUT2D eigenvalue weighted by Gasteiger charge is 2.24. The standard InChI is InChI=1S/C25H29N3O7S2/c1-17-6-12-23(34-3)21(14-17)27-37(32,33)20-10-8-19(9-11-20)26-25(29)16-28(36(5,30)31)22-15-18(2)7-13-24(22)35-4/h6-15,27H,16H2,1-5H3,(H,26,29). The van der Waals surface area contributed by atoms with Gasteiger partial charge in [0, 0.05) is 5.69 Å². The van der Waals surface area contributed by atoms with Crippen LogP contribution < -0.4 is 23.8 Å². The predicted octanol–water partition coefficient (Wildman–Crippen LogP) is 3.53. The van der Waals surface area contributed by atoms with Gasteiger partial charge in [-0.2, -0.15) is 0 Å². The summed E-state index contributed by atoms with van der Waals surface area (Å²) >= 11 is 0. The van der Waals surface area contributed by atoms with Crippen molar-refractivity contribution in [2.24, 2.45) is 0 Å². The summed E-state index contributed by atoms with van der Waals surface area (Å²) in [5.74, 6) is 0.0575. The molecule has 0 saturated carbocycles. The number of carbonyl (C=O) groups excluding carboxylic acids is 1. The lowest BCUT2D eigenvalue weighted by molar-refractivity contribution is -0.114. The summed E-state index contributed by atoms with van der Waals surface area (Å²) in [6.07, 6.45) is 0.998. The van der Waals surface area contributed by atoms with Crippen molar-refractivity contribution in [1.82, 2.24) is 0 Å². The van der Waals surface area contributed by atoms with Gasteiger partial charge in [-0.05, 0) is 73.5 Å². The van der Waals surface area contributed by atoms with Gasteiger partial charge in [0.2, 0.25) is 15.9 Å². The first-order chi connectivity index (χ1) is 17.3. The quantitative estimate of drug-likeness (QED) is 0.397. The van der Waals surface area contributed by atoms with E-state index in [1.807, 2.05) is 6.92 Å². The van der Waals surface area contributed by atoms with E-state index >= 15 is 0 Å². The van der Waals surface area contributed by atoms with Crippen molar-refractivity contribution in [3.63, 3.8) is 0 Å². The van der Waals surface area contributed by atoms with E-state index in [-0.39, 0.29) is 10.6 Å². The first kappa shape index (κ1) is 27.8. The van der Waals surface area contributed by atoms with Gasteiger partial charge in [0.05, 0.1) is 36.7 Å². The Morgan fingerprint density at radius 2 is 1.41 bits per heavy atom. The Morgan fingerprint density at radius 3 is 1.97 bits per heavy atom. The fraction of sp³-hybridized carbons (Fsp3) is 0.240. The number of ether oxygens (including phenoxy) is 2. The maximum atomic E-state index is 12.9. The minimum absolute atomic E-state index is 0.0312. The molecule has 10 nitrogen and oxygen atoms in total. The highest BCUT2D eigenvalue weighted by Crippen LogP contribution is 2.31. The lowest BCUT2D eigenvalue weighted by atomic mass is 10.2. The molecule has 0 aromatic heterocycles. The van der Waals surface area contributed by atoms with Gasteiger partial charge in [0.15, 0.2) is 0 Å². The summed E-state index contributed by atoms with van der Waals surface area (Å²) in [5.41, 5.74) is 2.47. The van der Waals surface area contributed by atoms with E-state index in [9.17, 15) is 21.6 Å². The molecule has 0 radical (unpaired) electrons. The zero-order valence-electron chi connectivity index (χ0n) is 21.1. The van der Waals surface area contributed by atoms with Crippen molar-refractivity contribution < 1.29 is 31.1 Å². The van der Waals surface area contributed by atoms with Crippen LogP contribution in [-0.2, 0) is 24.8 Å². The summed E-state index contributed by atoms with van der Waals surface area (Å²) in [6, 6.07) is 15.6. The first-order valence-corrected chi connectivity index (χ1v) is 14.4. The van der Waals surface area contributed by atoms with E-state index in [1.165, 1.54) is 38.5 Å². The molecule has 12 heteroatoms. The molecule has 37 heavy (non-hydrogen) atoms. The molecule has 0 unspecified atom stereocenters. The Morgan fingerprint density at radius 1 is 0.838 bits per heavy atom. The highest BCUT2D eigenvalue weighted by molar-refractivity contribution is 7.92. The second-order valence-corrected chi connectivity index (χ2v) is 11.9. The molecule has 0 bridgehead atoms. The van der Waals surface area contributed by atoms with Crippen molar-refractivity contribution in [1.29, 1.82) is 0 Å².